The fourth-order valence-electron chi connectivity index (χ4n) is 2.95. The Balaban J connectivity index is 0.000000298. The number of halogens is 4. The Labute approximate surface area is 163 Å². The second kappa shape index (κ2) is 8.48. The Morgan fingerprint density at radius 3 is 2.59 bits per heavy atom. The highest BCUT2D eigenvalue weighted by Crippen LogP contribution is 2.25. The van der Waals surface area contributed by atoms with Crippen LogP contribution in [0, 0.1) is 5.82 Å². The second-order valence-corrected chi connectivity index (χ2v) is 6.31. The lowest BCUT2D eigenvalue weighted by Crippen LogP contribution is -2.33. The molecule has 2 aromatic heterocycles. The molecule has 0 spiro atoms. The molecule has 1 aromatic carbocycles. The molecule has 0 bridgehead atoms. The molecule has 154 valence electrons. The summed E-state index contributed by atoms with van der Waals surface area (Å²) in [6.45, 7) is 3.33. The minimum absolute atomic E-state index is 0.219. The number of hydrogen-bond donors (Lipinski definition) is 1. The maximum Gasteiger partial charge on any atom is 0.490 e. The van der Waals surface area contributed by atoms with Gasteiger partial charge in [-0.1, -0.05) is 12.1 Å². The van der Waals surface area contributed by atoms with Gasteiger partial charge in [0, 0.05) is 18.7 Å². The number of imidazole rings is 1. The molecule has 0 saturated heterocycles. The van der Waals surface area contributed by atoms with Crippen molar-refractivity contribution in [3.05, 3.63) is 66.3 Å². The molecule has 10 heteroatoms. The summed E-state index contributed by atoms with van der Waals surface area (Å²) >= 11 is 0. The fraction of sp³-hybridized carbons (Fsp3) is 0.263. The molecule has 0 aliphatic carbocycles. The topological polar surface area (TPSA) is 71.5 Å². The molecule has 0 fully saturated rings. The number of carboxylic acids is 1. The van der Waals surface area contributed by atoms with E-state index < -0.39 is 12.1 Å². The van der Waals surface area contributed by atoms with Crippen LogP contribution in [0.15, 0.2) is 53.3 Å². The molecule has 1 aliphatic rings. The van der Waals surface area contributed by atoms with Crippen LogP contribution < -0.4 is 0 Å². The molecule has 1 N–H and O–H groups in total. The van der Waals surface area contributed by atoms with E-state index in [1.165, 1.54) is 6.07 Å². The lowest BCUT2D eigenvalue weighted by Gasteiger charge is -2.27. The molecule has 1 aliphatic heterocycles. The quantitative estimate of drug-likeness (QED) is 0.662. The minimum Gasteiger partial charge on any atom is -0.475 e. The largest absolute Gasteiger partial charge is 0.490 e. The molecule has 0 unspecified atom stereocenters. The fourth-order valence-corrected chi connectivity index (χ4v) is 2.95. The number of alkyl halides is 3. The van der Waals surface area contributed by atoms with Crippen molar-refractivity contribution in [2.75, 3.05) is 6.54 Å². The van der Waals surface area contributed by atoms with Crippen molar-refractivity contribution >= 4 is 5.97 Å². The predicted molar refractivity (Wildman–Crippen MR) is 94.1 cm³/mol. The second-order valence-electron chi connectivity index (χ2n) is 6.31. The third kappa shape index (κ3) is 5.23. The van der Waals surface area contributed by atoms with E-state index in [2.05, 4.69) is 14.5 Å². The van der Waals surface area contributed by atoms with Crippen LogP contribution >= 0.6 is 0 Å². The molecule has 0 amide bonds. The highest BCUT2D eigenvalue weighted by Gasteiger charge is 2.38. The zero-order valence-electron chi connectivity index (χ0n) is 15.1. The summed E-state index contributed by atoms with van der Waals surface area (Å²) in [5.74, 6) is -1.00. The average molecular weight is 411 g/mol. The number of carboxylic acid groups (broad SMARTS) is 1. The van der Waals surface area contributed by atoms with Gasteiger partial charge in [0.15, 0.2) is 0 Å². The lowest BCUT2D eigenvalue weighted by molar-refractivity contribution is -0.192. The highest BCUT2D eigenvalue weighted by molar-refractivity contribution is 5.73. The van der Waals surface area contributed by atoms with Crippen molar-refractivity contribution in [1.82, 2.24) is 14.5 Å². The van der Waals surface area contributed by atoms with Crippen LogP contribution in [0.25, 0.3) is 11.3 Å². The van der Waals surface area contributed by atoms with Gasteiger partial charge in [-0.25, -0.2) is 14.2 Å². The number of fused-ring (bicyclic) bond motifs is 1. The lowest BCUT2D eigenvalue weighted by atomic mass is 10.1. The van der Waals surface area contributed by atoms with Crippen molar-refractivity contribution in [2.24, 2.45) is 0 Å². The molecule has 3 heterocycles. The Hall–Kier alpha value is -3.14. The molecule has 4 rings (SSSR count). The van der Waals surface area contributed by atoms with Gasteiger partial charge < -0.3 is 14.1 Å². The van der Waals surface area contributed by atoms with Gasteiger partial charge in [0.25, 0.3) is 0 Å². The van der Waals surface area contributed by atoms with Gasteiger partial charge >= 0.3 is 12.1 Å². The molecule has 6 nitrogen and oxygen atoms in total. The van der Waals surface area contributed by atoms with Crippen molar-refractivity contribution in [3.8, 4) is 11.3 Å². The number of hydrogen-bond acceptors (Lipinski definition) is 4. The van der Waals surface area contributed by atoms with Crippen LogP contribution in [0.2, 0.25) is 0 Å². The summed E-state index contributed by atoms with van der Waals surface area (Å²) in [7, 11) is 0. The average Bonchev–Trinajstić information content (AvgIpc) is 3.31. The SMILES string of the molecule is Fc1cccc(-c2cnc3n2CCN(Cc2ccco2)C3)c1.O=C(O)C(F)(F)F. The zero-order valence-corrected chi connectivity index (χ0v) is 15.1. The molecular weight excluding hydrogens is 394 g/mol. The van der Waals surface area contributed by atoms with Gasteiger partial charge in [-0.2, -0.15) is 13.2 Å². The first-order valence-electron chi connectivity index (χ1n) is 8.59. The Kier molecular flexibility index (Phi) is 6.02. The van der Waals surface area contributed by atoms with Crippen LogP contribution in [0.4, 0.5) is 17.6 Å². The smallest absolute Gasteiger partial charge is 0.475 e. The van der Waals surface area contributed by atoms with E-state index >= 15 is 0 Å². The van der Waals surface area contributed by atoms with Gasteiger partial charge in [-0.3, -0.25) is 4.90 Å². The minimum atomic E-state index is -5.08. The number of aliphatic carboxylic acids is 1. The van der Waals surface area contributed by atoms with E-state index in [0.29, 0.717) is 0 Å². The Morgan fingerprint density at radius 2 is 1.97 bits per heavy atom. The van der Waals surface area contributed by atoms with Gasteiger partial charge in [0.05, 0.1) is 31.2 Å². The first kappa shape index (κ1) is 20.6. The molecule has 0 saturated carbocycles. The maximum absolute atomic E-state index is 13.4. The zero-order chi connectivity index (χ0) is 21.0. The van der Waals surface area contributed by atoms with Crippen LogP contribution in [-0.4, -0.2) is 38.2 Å². The number of carbonyl (C=O) groups is 1. The number of aromatic nitrogens is 2. The summed E-state index contributed by atoms with van der Waals surface area (Å²) in [5.41, 5.74) is 1.85. The highest BCUT2D eigenvalue weighted by atomic mass is 19.4. The van der Waals surface area contributed by atoms with E-state index in [0.717, 1.165) is 49.0 Å². The molecule has 0 atom stereocenters. The summed E-state index contributed by atoms with van der Waals surface area (Å²) in [6, 6.07) is 10.6. The van der Waals surface area contributed by atoms with E-state index in [-0.39, 0.29) is 5.82 Å². The maximum atomic E-state index is 13.4. The molecule has 3 aromatic rings. The Morgan fingerprint density at radius 1 is 1.21 bits per heavy atom. The van der Waals surface area contributed by atoms with Gasteiger partial charge in [-0.05, 0) is 24.3 Å². The first-order valence-corrected chi connectivity index (χ1v) is 8.59. The molecule has 0 radical (unpaired) electrons. The van der Waals surface area contributed by atoms with E-state index in [4.69, 9.17) is 14.3 Å². The van der Waals surface area contributed by atoms with Crippen LogP contribution in [0.5, 0.6) is 0 Å². The number of rotatable bonds is 3. The van der Waals surface area contributed by atoms with Crippen molar-refractivity contribution in [3.63, 3.8) is 0 Å². The molecular formula is C19H17F4N3O3. The van der Waals surface area contributed by atoms with E-state index in [9.17, 15) is 17.6 Å². The van der Waals surface area contributed by atoms with Crippen molar-refractivity contribution < 1.29 is 31.9 Å². The summed E-state index contributed by atoms with van der Waals surface area (Å²) in [4.78, 5) is 15.7. The predicted octanol–water partition coefficient (Wildman–Crippen LogP) is 3.93. The molecule has 29 heavy (non-hydrogen) atoms. The van der Waals surface area contributed by atoms with Crippen molar-refractivity contribution in [1.29, 1.82) is 0 Å². The van der Waals surface area contributed by atoms with Crippen LogP contribution in [-0.2, 0) is 24.4 Å². The third-order valence-corrected chi connectivity index (χ3v) is 4.27. The third-order valence-electron chi connectivity index (χ3n) is 4.27. The first-order chi connectivity index (χ1) is 13.7. The van der Waals surface area contributed by atoms with E-state index in [1.807, 2.05) is 24.4 Å². The summed E-state index contributed by atoms with van der Waals surface area (Å²) in [6.07, 6.45) is -1.55. The van der Waals surface area contributed by atoms with E-state index in [1.54, 1.807) is 18.4 Å². The van der Waals surface area contributed by atoms with Crippen LogP contribution in [0.3, 0.4) is 0 Å². The standard InChI is InChI=1S/C17H16FN3O.C2HF3O2/c18-14-4-1-3-13(9-14)16-10-19-17-12-20(6-7-21(16)17)11-15-5-2-8-22-15;3-2(4,5)1(6)7/h1-5,8-10H,6-7,11-12H2;(H,6,7). The monoisotopic (exact) mass is 411 g/mol. The number of benzene rings is 1. The number of nitrogens with zero attached hydrogens (tertiary/aromatic N) is 3. The van der Waals surface area contributed by atoms with Gasteiger partial charge in [0.2, 0.25) is 0 Å². The normalized spacial score (nSPS) is 14.1. The van der Waals surface area contributed by atoms with Gasteiger partial charge in [-0.15, -0.1) is 0 Å². The summed E-state index contributed by atoms with van der Waals surface area (Å²) < 4.78 is 52.7. The van der Waals surface area contributed by atoms with Crippen LogP contribution in [0.1, 0.15) is 11.6 Å². The Bertz CT molecular complexity index is 967. The van der Waals surface area contributed by atoms with Crippen molar-refractivity contribution in [2.45, 2.75) is 25.8 Å². The van der Waals surface area contributed by atoms with Gasteiger partial charge in [0.1, 0.15) is 17.4 Å². The number of furan rings is 1. The summed E-state index contributed by atoms with van der Waals surface area (Å²) in [5, 5.41) is 7.12.